The van der Waals surface area contributed by atoms with Crippen molar-refractivity contribution in [3.63, 3.8) is 0 Å². The number of fused-ring (bicyclic) bond motifs is 1. The van der Waals surface area contributed by atoms with Crippen LogP contribution in [-0.2, 0) is 27.2 Å². The first-order valence-electron chi connectivity index (χ1n) is 8.93. The van der Waals surface area contributed by atoms with E-state index in [9.17, 15) is 14.4 Å². The summed E-state index contributed by atoms with van der Waals surface area (Å²) in [7, 11) is 1.78. The second kappa shape index (κ2) is 7.25. The van der Waals surface area contributed by atoms with Gasteiger partial charge >= 0.3 is 0 Å². The average Bonchev–Trinajstić information content (AvgIpc) is 2.89. The van der Waals surface area contributed by atoms with Crippen molar-refractivity contribution < 1.29 is 14.4 Å². The van der Waals surface area contributed by atoms with Crippen molar-refractivity contribution in [1.82, 2.24) is 9.80 Å². The minimum absolute atomic E-state index is 0.0835. The summed E-state index contributed by atoms with van der Waals surface area (Å²) in [6.07, 6.45) is 2.18. The van der Waals surface area contributed by atoms with Crippen molar-refractivity contribution in [3.05, 3.63) is 29.3 Å². The first-order chi connectivity index (χ1) is 12.0. The van der Waals surface area contributed by atoms with Crippen molar-refractivity contribution in [2.24, 2.45) is 0 Å². The summed E-state index contributed by atoms with van der Waals surface area (Å²) in [6.45, 7) is 4.43. The standard InChI is InChI=1S/C19H25N3O3/c1-3-4-17(23)21-7-9-22(10-8-21)19(25)12-14-5-6-16-15(11-14)13-18(24)20(16)2/h5-6,11H,3-4,7-10,12-13H2,1-2H3. The lowest BCUT2D eigenvalue weighted by Crippen LogP contribution is -2.50. The smallest absolute Gasteiger partial charge is 0.231 e. The van der Waals surface area contributed by atoms with E-state index in [-0.39, 0.29) is 17.7 Å². The summed E-state index contributed by atoms with van der Waals surface area (Å²) in [5.74, 6) is 0.355. The van der Waals surface area contributed by atoms with Crippen LogP contribution in [0.4, 0.5) is 5.69 Å². The summed E-state index contributed by atoms with van der Waals surface area (Å²) >= 11 is 0. The Hall–Kier alpha value is -2.37. The van der Waals surface area contributed by atoms with E-state index < -0.39 is 0 Å². The molecule has 0 radical (unpaired) electrons. The molecule has 1 fully saturated rings. The van der Waals surface area contributed by atoms with Crippen LogP contribution in [0.3, 0.4) is 0 Å². The number of rotatable bonds is 4. The molecule has 0 unspecified atom stereocenters. The van der Waals surface area contributed by atoms with Crippen LogP contribution < -0.4 is 4.90 Å². The second-order valence-electron chi connectivity index (χ2n) is 6.78. The highest BCUT2D eigenvalue weighted by atomic mass is 16.2. The maximum Gasteiger partial charge on any atom is 0.231 e. The Morgan fingerprint density at radius 3 is 2.32 bits per heavy atom. The Kier molecular flexibility index (Phi) is 5.06. The van der Waals surface area contributed by atoms with Gasteiger partial charge in [0.25, 0.3) is 0 Å². The molecule has 25 heavy (non-hydrogen) atoms. The number of hydrogen-bond donors (Lipinski definition) is 0. The Morgan fingerprint density at radius 1 is 1.04 bits per heavy atom. The lowest BCUT2D eigenvalue weighted by Gasteiger charge is -2.35. The highest BCUT2D eigenvalue weighted by molar-refractivity contribution is 6.01. The molecule has 6 heteroatoms. The predicted molar refractivity (Wildman–Crippen MR) is 95.3 cm³/mol. The quantitative estimate of drug-likeness (QED) is 0.826. The molecule has 2 heterocycles. The molecule has 3 amide bonds. The maximum absolute atomic E-state index is 12.5. The van der Waals surface area contributed by atoms with Crippen molar-refractivity contribution in [2.45, 2.75) is 32.6 Å². The van der Waals surface area contributed by atoms with Gasteiger partial charge in [0.1, 0.15) is 0 Å². The molecule has 1 aromatic carbocycles. The number of benzene rings is 1. The van der Waals surface area contributed by atoms with Crippen LogP contribution in [0.5, 0.6) is 0 Å². The number of anilines is 1. The van der Waals surface area contributed by atoms with E-state index in [1.807, 2.05) is 34.9 Å². The van der Waals surface area contributed by atoms with E-state index in [0.717, 1.165) is 23.2 Å². The molecule has 2 aliphatic heterocycles. The fraction of sp³-hybridized carbons (Fsp3) is 0.526. The SMILES string of the molecule is CCCC(=O)N1CCN(C(=O)Cc2ccc3c(c2)CC(=O)N3C)CC1. The van der Waals surface area contributed by atoms with Crippen molar-refractivity contribution in [2.75, 3.05) is 38.1 Å². The van der Waals surface area contributed by atoms with Gasteiger partial charge in [-0.05, 0) is 23.6 Å². The molecule has 6 nitrogen and oxygen atoms in total. The van der Waals surface area contributed by atoms with Gasteiger partial charge in [0.05, 0.1) is 12.8 Å². The van der Waals surface area contributed by atoms with E-state index in [1.54, 1.807) is 11.9 Å². The van der Waals surface area contributed by atoms with Gasteiger partial charge in [-0.15, -0.1) is 0 Å². The minimum atomic E-state index is 0.0835. The van der Waals surface area contributed by atoms with E-state index in [1.165, 1.54) is 0 Å². The van der Waals surface area contributed by atoms with E-state index in [0.29, 0.717) is 45.4 Å². The van der Waals surface area contributed by atoms with Gasteiger partial charge < -0.3 is 14.7 Å². The molecular weight excluding hydrogens is 318 g/mol. The third-order valence-electron chi connectivity index (χ3n) is 5.03. The van der Waals surface area contributed by atoms with Crippen LogP contribution in [0, 0.1) is 0 Å². The number of hydrogen-bond acceptors (Lipinski definition) is 3. The maximum atomic E-state index is 12.5. The molecule has 1 saturated heterocycles. The summed E-state index contributed by atoms with van der Waals surface area (Å²) in [5.41, 5.74) is 2.87. The summed E-state index contributed by atoms with van der Waals surface area (Å²) in [5, 5.41) is 0. The summed E-state index contributed by atoms with van der Waals surface area (Å²) in [6, 6.07) is 5.81. The fourth-order valence-corrected chi connectivity index (χ4v) is 3.50. The average molecular weight is 343 g/mol. The van der Waals surface area contributed by atoms with Crippen molar-refractivity contribution in [1.29, 1.82) is 0 Å². The van der Waals surface area contributed by atoms with Gasteiger partial charge in [-0.2, -0.15) is 0 Å². The Balaban J connectivity index is 1.56. The monoisotopic (exact) mass is 343 g/mol. The van der Waals surface area contributed by atoms with Crippen LogP contribution in [0.15, 0.2) is 18.2 Å². The van der Waals surface area contributed by atoms with E-state index in [2.05, 4.69) is 0 Å². The number of carbonyl (C=O) groups is 3. The molecule has 0 aromatic heterocycles. The van der Waals surface area contributed by atoms with Crippen molar-refractivity contribution >= 4 is 23.4 Å². The van der Waals surface area contributed by atoms with E-state index >= 15 is 0 Å². The molecule has 0 saturated carbocycles. The zero-order valence-corrected chi connectivity index (χ0v) is 15.0. The summed E-state index contributed by atoms with van der Waals surface area (Å²) in [4.78, 5) is 41.6. The molecule has 0 spiro atoms. The number of amides is 3. The third kappa shape index (κ3) is 3.67. The molecule has 3 rings (SSSR count). The zero-order chi connectivity index (χ0) is 18.0. The number of nitrogens with zero attached hydrogens (tertiary/aromatic N) is 3. The topological polar surface area (TPSA) is 60.9 Å². The van der Waals surface area contributed by atoms with Gasteiger partial charge in [-0.1, -0.05) is 19.1 Å². The molecule has 0 N–H and O–H groups in total. The normalized spacial score (nSPS) is 17.0. The fourth-order valence-electron chi connectivity index (χ4n) is 3.50. The van der Waals surface area contributed by atoms with Crippen LogP contribution in [0.2, 0.25) is 0 Å². The minimum Gasteiger partial charge on any atom is -0.339 e. The number of likely N-dealkylation sites (N-methyl/N-ethyl adjacent to an activating group) is 1. The second-order valence-corrected chi connectivity index (χ2v) is 6.78. The van der Waals surface area contributed by atoms with Gasteiger partial charge in [0.15, 0.2) is 0 Å². The van der Waals surface area contributed by atoms with Gasteiger partial charge in [0, 0.05) is 45.3 Å². The predicted octanol–water partition coefficient (Wildman–Crippen LogP) is 1.22. The van der Waals surface area contributed by atoms with Crippen LogP contribution >= 0.6 is 0 Å². The molecule has 0 aliphatic carbocycles. The van der Waals surface area contributed by atoms with Crippen LogP contribution in [0.1, 0.15) is 30.9 Å². The number of carbonyl (C=O) groups excluding carboxylic acids is 3. The van der Waals surface area contributed by atoms with Gasteiger partial charge in [0.2, 0.25) is 17.7 Å². The zero-order valence-electron chi connectivity index (χ0n) is 15.0. The summed E-state index contributed by atoms with van der Waals surface area (Å²) < 4.78 is 0. The Morgan fingerprint density at radius 2 is 1.68 bits per heavy atom. The van der Waals surface area contributed by atoms with Gasteiger partial charge in [-0.3, -0.25) is 14.4 Å². The number of piperazine rings is 1. The third-order valence-corrected chi connectivity index (χ3v) is 5.03. The molecule has 1 aromatic rings. The molecule has 2 aliphatic rings. The molecule has 134 valence electrons. The van der Waals surface area contributed by atoms with Crippen molar-refractivity contribution in [3.8, 4) is 0 Å². The van der Waals surface area contributed by atoms with Gasteiger partial charge in [-0.25, -0.2) is 0 Å². The first kappa shape index (κ1) is 17.5. The van der Waals surface area contributed by atoms with E-state index in [4.69, 9.17) is 0 Å². The van der Waals surface area contributed by atoms with Crippen LogP contribution in [-0.4, -0.2) is 60.7 Å². The molecule has 0 bridgehead atoms. The lowest BCUT2D eigenvalue weighted by atomic mass is 10.1. The largest absolute Gasteiger partial charge is 0.339 e. The Labute approximate surface area is 148 Å². The Bertz CT molecular complexity index is 693. The lowest BCUT2D eigenvalue weighted by molar-refractivity contribution is -0.139. The highest BCUT2D eigenvalue weighted by Crippen LogP contribution is 2.28. The van der Waals surface area contributed by atoms with Crippen LogP contribution in [0.25, 0.3) is 0 Å². The first-order valence-corrected chi connectivity index (χ1v) is 8.93. The molecule has 0 atom stereocenters. The molecular formula is C19H25N3O3. The highest BCUT2D eigenvalue weighted by Gasteiger charge is 2.26.